The first-order chi connectivity index (χ1) is 28.7. The Morgan fingerprint density at radius 2 is 0.810 bits per heavy atom. The summed E-state index contributed by atoms with van der Waals surface area (Å²) in [6, 6.07) is 65.3. The summed E-state index contributed by atoms with van der Waals surface area (Å²) in [5.41, 5.74) is 10.6. The van der Waals surface area contributed by atoms with Gasteiger partial charge in [0.05, 0.1) is 0 Å². The van der Waals surface area contributed by atoms with Gasteiger partial charge in [0.25, 0.3) is 0 Å². The van der Waals surface area contributed by atoms with Crippen molar-refractivity contribution in [3.63, 3.8) is 0 Å². The lowest BCUT2D eigenvalue weighted by atomic mass is 9.95. The molecule has 0 aliphatic rings. The predicted molar refractivity (Wildman–Crippen MR) is 237 cm³/mol. The second-order valence-electron chi connectivity index (χ2n) is 14.8. The van der Waals surface area contributed by atoms with Crippen LogP contribution in [0, 0.1) is 0 Å². The summed E-state index contributed by atoms with van der Waals surface area (Å²) in [6.07, 6.45) is 0. The van der Waals surface area contributed by atoms with Crippen molar-refractivity contribution in [2.75, 3.05) is 0 Å². The maximum Gasteiger partial charge on any atom is 0.164 e. The van der Waals surface area contributed by atoms with E-state index in [1.807, 2.05) is 60.7 Å². The van der Waals surface area contributed by atoms with E-state index >= 15 is 0 Å². The number of fused-ring (bicyclic) bond motifs is 9. The third-order valence-corrected chi connectivity index (χ3v) is 11.3. The number of benzene rings is 9. The quantitative estimate of drug-likeness (QED) is 0.164. The summed E-state index contributed by atoms with van der Waals surface area (Å²) in [4.78, 5) is 15.0. The molecular formula is C53H31N3O2. The molecule has 0 spiro atoms. The number of hydrogen-bond donors (Lipinski definition) is 0. The molecule has 0 N–H and O–H groups in total. The molecule has 5 nitrogen and oxygen atoms in total. The molecule has 0 fully saturated rings. The molecule has 3 heterocycles. The fraction of sp³-hybridized carbons (Fsp3) is 0. The highest BCUT2D eigenvalue weighted by molar-refractivity contribution is 6.14. The molecular weight excluding hydrogens is 711 g/mol. The highest BCUT2D eigenvalue weighted by Crippen LogP contribution is 2.40. The molecule has 0 saturated heterocycles. The SMILES string of the molecule is c1ccc(-c2nc(-c3ccc(-c4cccc5oc6ccc(-c7ccc8c(ccc9ccccc98)c7)cc6c45)cc3)nc(-c3ccc4oc5ccccc5c4c3)n2)cc1. The molecule has 5 heteroatoms. The Bertz CT molecular complexity index is 3570. The van der Waals surface area contributed by atoms with Gasteiger partial charge in [-0.25, -0.2) is 15.0 Å². The Kier molecular flexibility index (Phi) is 7.16. The molecule has 0 radical (unpaired) electrons. The topological polar surface area (TPSA) is 65.0 Å². The molecule has 0 bridgehead atoms. The van der Waals surface area contributed by atoms with E-state index in [9.17, 15) is 0 Å². The van der Waals surface area contributed by atoms with Gasteiger partial charge in [-0.3, -0.25) is 0 Å². The summed E-state index contributed by atoms with van der Waals surface area (Å²) in [5, 5.41) is 9.28. The lowest BCUT2D eigenvalue weighted by Gasteiger charge is -2.10. The minimum Gasteiger partial charge on any atom is -0.456 e. The number of rotatable bonds is 5. The van der Waals surface area contributed by atoms with E-state index in [0.29, 0.717) is 17.5 Å². The van der Waals surface area contributed by atoms with E-state index in [0.717, 1.165) is 77.3 Å². The van der Waals surface area contributed by atoms with Gasteiger partial charge in [0.15, 0.2) is 17.5 Å². The Morgan fingerprint density at radius 1 is 0.276 bits per heavy atom. The van der Waals surface area contributed by atoms with Gasteiger partial charge in [-0.1, -0.05) is 140 Å². The van der Waals surface area contributed by atoms with Crippen molar-refractivity contribution < 1.29 is 8.83 Å². The number of hydrogen-bond acceptors (Lipinski definition) is 5. The first kappa shape index (κ1) is 32.4. The van der Waals surface area contributed by atoms with Crippen LogP contribution in [0.1, 0.15) is 0 Å². The van der Waals surface area contributed by atoms with Gasteiger partial charge in [0, 0.05) is 38.2 Å². The maximum atomic E-state index is 6.44. The normalized spacial score (nSPS) is 11.8. The molecule has 0 saturated carbocycles. The van der Waals surface area contributed by atoms with E-state index in [2.05, 4.69) is 127 Å². The average molecular weight is 742 g/mol. The van der Waals surface area contributed by atoms with Crippen LogP contribution in [-0.4, -0.2) is 15.0 Å². The summed E-state index contributed by atoms with van der Waals surface area (Å²) in [6.45, 7) is 0. The lowest BCUT2D eigenvalue weighted by Crippen LogP contribution is -2.00. The molecule has 0 atom stereocenters. The van der Waals surface area contributed by atoms with Gasteiger partial charge in [-0.05, 0) is 92.3 Å². The van der Waals surface area contributed by atoms with Crippen LogP contribution in [0.15, 0.2) is 197 Å². The maximum absolute atomic E-state index is 6.44. The molecule has 0 aliphatic carbocycles. The monoisotopic (exact) mass is 741 g/mol. The smallest absolute Gasteiger partial charge is 0.164 e. The fourth-order valence-electron chi connectivity index (χ4n) is 8.45. The molecule has 270 valence electrons. The van der Waals surface area contributed by atoms with Gasteiger partial charge in [0.2, 0.25) is 0 Å². The third kappa shape index (κ3) is 5.29. The summed E-state index contributed by atoms with van der Waals surface area (Å²) in [7, 11) is 0. The van der Waals surface area contributed by atoms with Crippen LogP contribution >= 0.6 is 0 Å². The zero-order chi connectivity index (χ0) is 38.2. The Labute approximate surface area is 332 Å². The highest BCUT2D eigenvalue weighted by Gasteiger charge is 2.17. The molecule has 58 heavy (non-hydrogen) atoms. The van der Waals surface area contributed by atoms with E-state index in [-0.39, 0.29) is 0 Å². The molecule has 3 aromatic heterocycles. The first-order valence-electron chi connectivity index (χ1n) is 19.4. The number of aromatic nitrogens is 3. The van der Waals surface area contributed by atoms with Crippen LogP contribution in [-0.2, 0) is 0 Å². The zero-order valence-corrected chi connectivity index (χ0v) is 31.1. The second kappa shape index (κ2) is 12.8. The van der Waals surface area contributed by atoms with Crippen LogP contribution in [0.2, 0.25) is 0 Å². The standard InChI is InChI=1S/C53H31N3O2/c1-2-10-34(11-3-1)51-54-52(56-53(55-51)39-25-28-47-44(31-39)43-13-6-7-15-46(43)57-47)35-20-17-33(18-21-35)42-14-8-16-49-50(42)45-30-37(24-27-48(45)58-49)36-23-26-41-38(29-36)22-19-32-9-4-5-12-40(32)41/h1-31H. The van der Waals surface area contributed by atoms with Gasteiger partial charge >= 0.3 is 0 Å². The minimum atomic E-state index is 0.602. The number of para-hydroxylation sites is 1. The summed E-state index contributed by atoms with van der Waals surface area (Å²) >= 11 is 0. The Hall–Kier alpha value is -7.89. The minimum absolute atomic E-state index is 0.602. The first-order valence-corrected chi connectivity index (χ1v) is 19.4. The van der Waals surface area contributed by atoms with Crippen molar-refractivity contribution in [1.82, 2.24) is 15.0 Å². The van der Waals surface area contributed by atoms with E-state index in [1.165, 1.54) is 27.1 Å². The summed E-state index contributed by atoms with van der Waals surface area (Å²) in [5.74, 6) is 1.82. The molecule has 12 aromatic rings. The Balaban J connectivity index is 0.944. The molecule has 0 amide bonds. The summed E-state index contributed by atoms with van der Waals surface area (Å²) < 4.78 is 12.6. The van der Waals surface area contributed by atoms with Crippen molar-refractivity contribution >= 4 is 65.4 Å². The molecule has 9 aromatic carbocycles. The van der Waals surface area contributed by atoms with Crippen molar-refractivity contribution in [2.24, 2.45) is 0 Å². The Morgan fingerprint density at radius 3 is 1.66 bits per heavy atom. The lowest BCUT2D eigenvalue weighted by molar-refractivity contribution is 0.668. The number of furan rings is 2. The molecule has 0 aliphatic heterocycles. The second-order valence-corrected chi connectivity index (χ2v) is 14.8. The highest BCUT2D eigenvalue weighted by atomic mass is 16.3. The van der Waals surface area contributed by atoms with Crippen LogP contribution in [0.5, 0.6) is 0 Å². The van der Waals surface area contributed by atoms with Crippen molar-refractivity contribution in [3.8, 4) is 56.4 Å². The third-order valence-electron chi connectivity index (χ3n) is 11.3. The largest absolute Gasteiger partial charge is 0.456 e. The molecule has 0 unspecified atom stereocenters. The van der Waals surface area contributed by atoms with Gasteiger partial charge in [-0.2, -0.15) is 0 Å². The van der Waals surface area contributed by atoms with Gasteiger partial charge < -0.3 is 8.83 Å². The number of nitrogens with zero attached hydrogens (tertiary/aromatic N) is 3. The predicted octanol–water partition coefficient (Wildman–Crippen LogP) is 14.3. The van der Waals surface area contributed by atoms with E-state index < -0.39 is 0 Å². The average Bonchev–Trinajstić information content (AvgIpc) is 3.87. The van der Waals surface area contributed by atoms with Crippen molar-refractivity contribution in [2.45, 2.75) is 0 Å². The molecule has 12 rings (SSSR count). The van der Waals surface area contributed by atoms with Crippen LogP contribution in [0.3, 0.4) is 0 Å². The fourth-order valence-corrected chi connectivity index (χ4v) is 8.45. The van der Waals surface area contributed by atoms with Crippen LogP contribution in [0.4, 0.5) is 0 Å². The van der Waals surface area contributed by atoms with E-state index in [1.54, 1.807) is 0 Å². The van der Waals surface area contributed by atoms with Crippen molar-refractivity contribution in [3.05, 3.63) is 188 Å². The van der Waals surface area contributed by atoms with Crippen molar-refractivity contribution in [1.29, 1.82) is 0 Å². The van der Waals surface area contributed by atoms with E-state index in [4.69, 9.17) is 23.8 Å². The van der Waals surface area contributed by atoms with Crippen LogP contribution in [0.25, 0.3) is 122 Å². The van der Waals surface area contributed by atoms with Gasteiger partial charge in [0.1, 0.15) is 22.3 Å². The van der Waals surface area contributed by atoms with Crippen LogP contribution < -0.4 is 0 Å². The zero-order valence-electron chi connectivity index (χ0n) is 31.1. The van der Waals surface area contributed by atoms with Gasteiger partial charge in [-0.15, -0.1) is 0 Å².